The molecule has 16 heavy (non-hydrogen) atoms. The second-order valence-corrected chi connectivity index (χ2v) is 5.22. The Hall–Kier alpha value is -0.810. The number of nitrogens with zero attached hydrogens (tertiary/aromatic N) is 1. The van der Waals surface area contributed by atoms with E-state index in [-0.39, 0.29) is 6.61 Å². The molecule has 1 N–H and O–H groups in total. The summed E-state index contributed by atoms with van der Waals surface area (Å²) in [5.74, 6) is 0. The number of ether oxygens (including phenoxy) is 2. The van der Waals surface area contributed by atoms with E-state index in [0.717, 1.165) is 0 Å². The first-order chi connectivity index (χ1) is 7.31. The number of rotatable bonds is 2. The number of hydrogen-bond acceptors (Lipinski definition) is 4. The van der Waals surface area contributed by atoms with Gasteiger partial charge in [0, 0.05) is 13.7 Å². The van der Waals surface area contributed by atoms with Crippen molar-refractivity contribution in [3.63, 3.8) is 0 Å². The molecular weight excluding hydrogens is 210 g/mol. The number of aliphatic hydroxyl groups is 1. The van der Waals surface area contributed by atoms with Crippen molar-refractivity contribution >= 4 is 6.09 Å². The van der Waals surface area contributed by atoms with E-state index in [4.69, 9.17) is 9.47 Å². The van der Waals surface area contributed by atoms with Crippen LogP contribution in [0.2, 0.25) is 0 Å². The van der Waals surface area contributed by atoms with Crippen LogP contribution in [0, 0.1) is 0 Å². The van der Waals surface area contributed by atoms with Gasteiger partial charge >= 0.3 is 6.09 Å². The lowest BCUT2D eigenvalue weighted by atomic mass is 9.98. The highest BCUT2D eigenvalue weighted by Gasteiger charge is 2.42. The molecule has 0 aliphatic carbocycles. The smallest absolute Gasteiger partial charge is 0.410 e. The molecule has 0 saturated carbocycles. The van der Waals surface area contributed by atoms with E-state index in [1.54, 1.807) is 7.05 Å². The van der Waals surface area contributed by atoms with Gasteiger partial charge in [-0.2, -0.15) is 0 Å². The molecule has 1 aliphatic rings. The molecule has 1 fully saturated rings. The first-order valence-electron chi connectivity index (χ1n) is 5.46. The second-order valence-electron chi connectivity index (χ2n) is 5.22. The van der Waals surface area contributed by atoms with E-state index in [9.17, 15) is 9.90 Å². The Kier molecular flexibility index (Phi) is 3.80. The molecule has 1 atom stereocenters. The highest BCUT2D eigenvalue weighted by molar-refractivity contribution is 5.69. The topological polar surface area (TPSA) is 59.0 Å². The van der Waals surface area contributed by atoms with Gasteiger partial charge in [0.1, 0.15) is 5.60 Å². The molecule has 5 heteroatoms. The zero-order chi connectivity index (χ0) is 12.4. The number of carbonyl (C=O) groups is 1. The van der Waals surface area contributed by atoms with E-state index in [1.807, 2.05) is 20.8 Å². The van der Waals surface area contributed by atoms with Gasteiger partial charge in [0.15, 0.2) is 0 Å². The summed E-state index contributed by atoms with van der Waals surface area (Å²) >= 11 is 0. The van der Waals surface area contributed by atoms with Crippen LogP contribution in [0.25, 0.3) is 0 Å². The summed E-state index contributed by atoms with van der Waals surface area (Å²) in [5, 5.41) is 9.40. The fourth-order valence-corrected chi connectivity index (χ4v) is 1.62. The van der Waals surface area contributed by atoms with Crippen LogP contribution in [0.3, 0.4) is 0 Å². The van der Waals surface area contributed by atoms with Gasteiger partial charge in [-0.3, -0.25) is 0 Å². The van der Waals surface area contributed by atoms with Gasteiger partial charge in [0.25, 0.3) is 0 Å². The van der Waals surface area contributed by atoms with Crippen LogP contribution in [0.5, 0.6) is 0 Å². The van der Waals surface area contributed by atoms with Gasteiger partial charge in [-0.05, 0) is 27.2 Å². The average Bonchev–Trinajstić information content (AvgIpc) is 2.63. The Bertz CT molecular complexity index is 253. The molecule has 0 spiro atoms. The highest BCUT2D eigenvalue weighted by atomic mass is 16.6. The second kappa shape index (κ2) is 4.59. The van der Waals surface area contributed by atoms with Crippen molar-refractivity contribution in [2.45, 2.75) is 38.3 Å². The summed E-state index contributed by atoms with van der Waals surface area (Å²) in [6.45, 7) is 6.26. The van der Waals surface area contributed by atoms with Crippen molar-refractivity contribution in [1.29, 1.82) is 0 Å². The zero-order valence-electron chi connectivity index (χ0n) is 10.4. The number of hydrogen-bond donors (Lipinski definition) is 1. The number of carbonyl (C=O) groups excluding carboxylic acids is 1. The van der Waals surface area contributed by atoms with Crippen molar-refractivity contribution < 1.29 is 19.4 Å². The molecule has 0 aromatic rings. The molecule has 1 saturated heterocycles. The molecule has 1 heterocycles. The monoisotopic (exact) mass is 231 g/mol. The van der Waals surface area contributed by atoms with Crippen LogP contribution in [-0.4, -0.2) is 54.1 Å². The van der Waals surface area contributed by atoms with Crippen LogP contribution < -0.4 is 0 Å². The Balaban J connectivity index is 2.68. The fraction of sp³-hybridized carbons (Fsp3) is 0.909. The molecule has 0 bridgehead atoms. The van der Waals surface area contributed by atoms with Crippen molar-refractivity contribution in [2.75, 3.05) is 26.9 Å². The minimum atomic E-state index is -0.623. The van der Waals surface area contributed by atoms with Gasteiger partial charge < -0.3 is 19.5 Å². The molecule has 1 unspecified atom stereocenters. The molecule has 0 radical (unpaired) electrons. The van der Waals surface area contributed by atoms with Gasteiger partial charge in [-0.1, -0.05) is 0 Å². The number of amides is 1. The maximum absolute atomic E-state index is 11.8. The Morgan fingerprint density at radius 1 is 1.56 bits per heavy atom. The van der Waals surface area contributed by atoms with Crippen molar-refractivity contribution in [2.24, 2.45) is 0 Å². The summed E-state index contributed by atoms with van der Waals surface area (Å²) in [6.07, 6.45) is 0.214. The van der Waals surface area contributed by atoms with Crippen LogP contribution >= 0.6 is 0 Å². The summed E-state index contributed by atoms with van der Waals surface area (Å²) < 4.78 is 10.5. The highest BCUT2D eigenvalue weighted by Crippen LogP contribution is 2.26. The van der Waals surface area contributed by atoms with Crippen molar-refractivity contribution in [3.05, 3.63) is 0 Å². The molecule has 1 rings (SSSR count). The van der Waals surface area contributed by atoms with Gasteiger partial charge in [0.05, 0.1) is 18.8 Å². The molecule has 0 aromatic heterocycles. The number of aliphatic hydroxyl groups excluding tert-OH is 1. The molecule has 1 amide bonds. The van der Waals surface area contributed by atoms with Gasteiger partial charge in [-0.15, -0.1) is 0 Å². The normalized spacial score (nSPS) is 25.6. The average molecular weight is 231 g/mol. The van der Waals surface area contributed by atoms with E-state index in [1.165, 1.54) is 4.90 Å². The maximum Gasteiger partial charge on any atom is 0.410 e. The van der Waals surface area contributed by atoms with E-state index in [0.29, 0.717) is 19.6 Å². The molecular formula is C11H21NO4. The van der Waals surface area contributed by atoms with Crippen LogP contribution in [0.15, 0.2) is 0 Å². The van der Waals surface area contributed by atoms with Crippen LogP contribution in [-0.2, 0) is 9.47 Å². The van der Waals surface area contributed by atoms with Crippen LogP contribution in [0.4, 0.5) is 4.79 Å². The predicted molar refractivity (Wildman–Crippen MR) is 59.2 cm³/mol. The van der Waals surface area contributed by atoms with E-state index >= 15 is 0 Å². The standard InChI is InChI=1S/C11H21NO4/c1-10(2,3)16-9(14)12(4)11(7-13)5-6-15-8-11/h13H,5-8H2,1-4H3. The largest absolute Gasteiger partial charge is 0.444 e. The third-order valence-corrected chi connectivity index (χ3v) is 2.76. The third kappa shape index (κ3) is 2.86. The molecule has 0 aromatic carbocycles. The van der Waals surface area contributed by atoms with Crippen molar-refractivity contribution in [1.82, 2.24) is 4.90 Å². The summed E-state index contributed by atoms with van der Waals surface area (Å²) in [5.41, 5.74) is -1.15. The lowest BCUT2D eigenvalue weighted by molar-refractivity contribution is -0.0124. The fourth-order valence-electron chi connectivity index (χ4n) is 1.62. The maximum atomic E-state index is 11.8. The summed E-state index contributed by atoms with van der Waals surface area (Å²) in [6, 6.07) is 0. The Morgan fingerprint density at radius 3 is 2.56 bits per heavy atom. The summed E-state index contributed by atoms with van der Waals surface area (Å²) in [7, 11) is 1.64. The minimum absolute atomic E-state index is 0.108. The Morgan fingerprint density at radius 2 is 2.19 bits per heavy atom. The Labute approximate surface area is 96.3 Å². The van der Waals surface area contributed by atoms with Gasteiger partial charge in [-0.25, -0.2) is 4.79 Å². The zero-order valence-corrected chi connectivity index (χ0v) is 10.4. The SMILES string of the molecule is CN(C(=O)OC(C)(C)C)C1(CO)CCOC1. The van der Waals surface area contributed by atoms with E-state index < -0.39 is 17.2 Å². The lowest BCUT2D eigenvalue weighted by Crippen LogP contribution is -2.54. The lowest BCUT2D eigenvalue weighted by Gasteiger charge is -2.36. The van der Waals surface area contributed by atoms with E-state index in [2.05, 4.69) is 0 Å². The third-order valence-electron chi connectivity index (χ3n) is 2.76. The molecule has 94 valence electrons. The first-order valence-corrected chi connectivity index (χ1v) is 5.46. The number of likely N-dealkylation sites (N-methyl/N-ethyl adjacent to an activating group) is 1. The molecule has 1 aliphatic heterocycles. The first kappa shape index (κ1) is 13.3. The van der Waals surface area contributed by atoms with Crippen LogP contribution in [0.1, 0.15) is 27.2 Å². The minimum Gasteiger partial charge on any atom is -0.444 e. The molecule has 5 nitrogen and oxygen atoms in total. The summed E-state index contributed by atoms with van der Waals surface area (Å²) in [4.78, 5) is 13.3. The quantitative estimate of drug-likeness (QED) is 0.770. The predicted octanol–water partition coefficient (Wildman–Crippen LogP) is 1.00. The van der Waals surface area contributed by atoms with Crippen molar-refractivity contribution in [3.8, 4) is 0 Å². The van der Waals surface area contributed by atoms with Gasteiger partial charge in [0.2, 0.25) is 0 Å².